The highest BCUT2D eigenvalue weighted by molar-refractivity contribution is 5.88. The van der Waals surface area contributed by atoms with E-state index >= 15 is 0 Å². The maximum Gasteiger partial charge on any atom is 0.341 e. The van der Waals surface area contributed by atoms with Crippen LogP contribution in [-0.4, -0.2) is 69.7 Å². The number of dihydropyridines is 2. The Morgan fingerprint density at radius 2 is 1.91 bits per heavy atom. The van der Waals surface area contributed by atoms with Crippen molar-refractivity contribution in [3.05, 3.63) is 105 Å². The van der Waals surface area contributed by atoms with Crippen molar-refractivity contribution in [2.75, 3.05) is 13.6 Å². The molecular formula is C43H51N7O7. The Kier molecular flexibility index (Phi) is 8.96. The lowest BCUT2D eigenvalue weighted by Gasteiger charge is -2.45. The third-order valence-corrected chi connectivity index (χ3v) is 12.3. The standard InChI is InChI=1S/C43H51N7O7/c1-22-11-31(51)38-32(54-22)17-33-37(39(38)52)28-12-24(18-46-4)7-9-43(41(53)55-40(28)42(2,3)56-33)34(57-43)6-5-23-13-29(49-35(44)14-23)26-15-27(48-36(45)16-26)20-50-19-25-8-10-47-30(25)21-50/h8,10-11,13-17,19,21,24,27-29,34,40,46-49,52H,5-7,9,12,18,20,44-45H2,1-4H3. The zero-order valence-corrected chi connectivity index (χ0v) is 32.7. The summed E-state index contributed by atoms with van der Waals surface area (Å²) in [5, 5.41) is 23.0. The van der Waals surface area contributed by atoms with E-state index in [-0.39, 0.29) is 46.3 Å². The molecule has 1 aromatic carbocycles. The summed E-state index contributed by atoms with van der Waals surface area (Å²) in [5.74, 6) is 1.04. The average Bonchev–Trinajstić information content (AvgIpc) is 3.44. The number of benzene rings is 1. The van der Waals surface area contributed by atoms with Gasteiger partial charge in [0.2, 0.25) is 0 Å². The topological polar surface area (TPSA) is 207 Å². The molecule has 2 saturated heterocycles. The first-order valence-electron chi connectivity index (χ1n) is 19.9. The first-order valence-corrected chi connectivity index (χ1v) is 19.9. The molecule has 2 fully saturated rings. The number of phenolic OH excluding ortho intramolecular Hbond substituents is 1. The predicted octanol–water partition coefficient (Wildman–Crippen LogP) is 4.29. The molecule has 300 valence electrons. The van der Waals surface area contributed by atoms with Crippen LogP contribution < -0.4 is 37.6 Å². The fraction of sp³-hybridized carbons (Fsp3) is 0.442. The summed E-state index contributed by atoms with van der Waals surface area (Å²) in [4.78, 5) is 30.7. The molecule has 5 aliphatic rings. The molecule has 4 aromatic rings. The van der Waals surface area contributed by atoms with Crippen molar-refractivity contribution in [3.8, 4) is 11.5 Å². The average molecular weight is 778 g/mol. The smallest absolute Gasteiger partial charge is 0.341 e. The van der Waals surface area contributed by atoms with Crippen LogP contribution in [0.4, 0.5) is 0 Å². The fourth-order valence-corrected chi connectivity index (χ4v) is 9.64. The van der Waals surface area contributed by atoms with E-state index < -0.39 is 29.2 Å². The normalized spacial score (nSPS) is 29.2. The Bertz CT molecular complexity index is 2420. The van der Waals surface area contributed by atoms with Crippen LogP contribution in [-0.2, 0) is 20.8 Å². The zero-order valence-electron chi connectivity index (χ0n) is 32.7. The molecule has 14 nitrogen and oxygen atoms in total. The van der Waals surface area contributed by atoms with E-state index in [1.807, 2.05) is 39.2 Å². The molecular weight excluding hydrogens is 727 g/mol. The van der Waals surface area contributed by atoms with Crippen molar-refractivity contribution < 1.29 is 28.5 Å². The molecule has 14 heteroatoms. The number of esters is 1. The molecule has 7 atom stereocenters. The highest BCUT2D eigenvalue weighted by Crippen LogP contribution is 2.54. The van der Waals surface area contributed by atoms with Gasteiger partial charge >= 0.3 is 5.97 Å². The van der Waals surface area contributed by atoms with E-state index in [1.165, 1.54) is 6.07 Å². The van der Waals surface area contributed by atoms with E-state index in [1.54, 1.807) is 13.0 Å². The van der Waals surface area contributed by atoms with E-state index in [2.05, 4.69) is 56.1 Å². The number of fused-ring (bicyclic) bond motifs is 5. The molecule has 57 heavy (non-hydrogen) atoms. The van der Waals surface area contributed by atoms with Gasteiger partial charge in [0, 0.05) is 54.1 Å². The third kappa shape index (κ3) is 6.74. The summed E-state index contributed by atoms with van der Waals surface area (Å²) in [5.41, 5.74) is 14.3. The molecule has 1 spiro atoms. The lowest BCUT2D eigenvalue weighted by molar-refractivity contribution is -0.170. The Morgan fingerprint density at radius 3 is 2.72 bits per heavy atom. The highest BCUT2D eigenvalue weighted by atomic mass is 16.7. The number of aromatic hydroxyl groups is 1. The van der Waals surface area contributed by atoms with Crippen LogP contribution >= 0.6 is 0 Å². The number of nitrogens with one attached hydrogen (secondary N) is 4. The van der Waals surface area contributed by atoms with Crippen LogP contribution in [0.3, 0.4) is 0 Å². The fourth-order valence-electron chi connectivity index (χ4n) is 9.64. The molecule has 9 rings (SSSR count). The van der Waals surface area contributed by atoms with Gasteiger partial charge in [-0.3, -0.25) is 4.79 Å². The lowest BCUT2D eigenvalue weighted by atomic mass is 9.75. The molecule has 0 amide bonds. The molecule has 3 aromatic heterocycles. The van der Waals surface area contributed by atoms with Gasteiger partial charge in [0.05, 0.1) is 35.3 Å². The van der Waals surface area contributed by atoms with Gasteiger partial charge in [0.25, 0.3) is 0 Å². The molecule has 0 saturated carbocycles. The predicted molar refractivity (Wildman–Crippen MR) is 215 cm³/mol. The van der Waals surface area contributed by atoms with Crippen LogP contribution in [0.2, 0.25) is 0 Å². The molecule has 7 unspecified atom stereocenters. The number of aromatic amines is 1. The van der Waals surface area contributed by atoms with Crippen molar-refractivity contribution in [2.24, 2.45) is 17.4 Å². The molecule has 8 heterocycles. The monoisotopic (exact) mass is 777 g/mol. The molecule has 0 bridgehead atoms. The van der Waals surface area contributed by atoms with Gasteiger partial charge in [-0.1, -0.05) is 12.2 Å². The number of hydrogen-bond acceptors (Lipinski definition) is 12. The number of allylic oxidation sites excluding steroid dienone is 2. The number of aromatic nitrogens is 2. The second-order valence-electron chi connectivity index (χ2n) is 16.9. The van der Waals surface area contributed by atoms with Gasteiger partial charge in [-0.15, -0.1) is 0 Å². The van der Waals surface area contributed by atoms with E-state index in [0.717, 1.165) is 22.0 Å². The number of phenols is 1. The van der Waals surface area contributed by atoms with E-state index in [9.17, 15) is 14.7 Å². The summed E-state index contributed by atoms with van der Waals surface area (Å²) in [6.45, 7) is 6.85. The van der Waals surface area contributed by atoms with Crippen LogP contribution in [0.5, 0.6) is 11.5 Å². The van der Waals surface area contributed by atoms with Gasteiger partial charge in [-0.05, 0) is 102 Å². The number of aryl methyl sites for hydroxylation is 1. The lowest BCUT2D eigenvalue weighted by Crippen LogP contribution is -2.52. The Hall–Kier alpha value is -5.60. The summed E-state index contributed by atoms with van der Waals surface area (Å²) in [7, 11) is 1.91. The van der Waals surface area contributed by atoms with Crippen LogP contribution in [0.15, 0.2) is 93.1 Å². The second kappa shape index (κ2) is 13.8. The quantitative estimate of drug-likeness (QED) is 0.0989. The third-order valence-electron chi connectivity index (χ3n) is 12.3. The SMILES string of the molecule is CNCC1CCC2(OC2CCC2=CC(C3=CC(Cn4cc5cc[nH]c5c4)NC(N)=C3)NC(N)=C2)C(=O)OC2C(C1)c1c(cc3oc(C)cc(=O)c3c1O)OC2(C)C. The van der Waals surface area contributed by atoms with Crippen LogP contribution in [0.1, 0.15) is 63.2 Å². The van der Waals surface area contributed by atoms with Crippen molar-refractivity contribution >= 4 is 27.8 Å². The van der Waals surface area contributed by atoms with Gasteiger partial charge in [-0.2, -0.15) is 0 Å². The summed E-state index contributed by atoms with van der Waals surface area (Å²) < 4.78 is 27.3. The minimum atomic E-state index is -1.10. The van der Waals surface area contributed by atoms with Gasteiger partial charge < -0.3 is 60.7 Å². The first kappa shape index (κ1) is 37.0. The number of ether oxygens (including phenoxy) is 3. The van der Waals surface area contributed by atoms with Crippen LogP contribution in [0, 0.1) is 12.8 Å². The first-order chi connectivity index (χ1) is 27.3. The molecule has 0 radical (unpaired) electrons. The van der Waals surface area contributed by atoms with Gasteiger partial charge in [0.15, 0.2) is 11.0 Å². The Balaban J connectivity index is 0.940. The number of hydrogen-bond donors (Lipinski definition) is 7. The summed E-state index contributed by atoms with van der Waals surface area (Å²) in [6, 6.07) is 4.89. The number of nitrogens with two attached hydrogens (primary N) is 2. The number of epoxide rings is 1. The summed E-state index contributed by atoms with van der Waals surface area (Å²) >= 11 is 0. The minimum absolute atomic E-state index is 0.0203. The minimum Gasteiger partial charge on any atom is -0.507 e. The molecule has 0 aliphatic carbocycles. The maximum absolute atomic E-state index is 14.4. The van der Waals surface area contributed by atoms with E-state index in [4.69, 9.17) is 30.1 Å². The van der Waals surface area contributed by atoms with Gasteiger partial charge in [0.1, 0.15) is 39.9 Å². The number of carbonyl (C=O) groups excluding carboxylic acids is 1. The maximum atomic E-state index is 14.4. The largest absolute Gasteiger partial charge is 0.507 e. The summed E-state index contributed by atoms with van der Waals surface area (Å²) in [6.07, 6.45) is 16.3. The van der Waals surface area contributed by atoms with E-state index in [0.29, 0.717) is 73.9 Å². The Morgan fingerprint density at radius 1 is 1.09 bits per heavy atom. The number of H-pyrrole nitrogens is 1. The van der Waals surface area contributed by atoms with Crippen molar-refractivity contribution in [2.45, 2.75) is 101 Å². The second-order valence-corrected chi connectivity index (χ2v) is 16.9. The zero-order chi connectivity index (χ0) is 39.8. The van der Waals surface area contributed by atoms with Crippen molar-refractivity contribution in [3.63, 3.8) is 0 Å². The highest BCUT2D eigenvalue weighted by Gasteiger charge is 2.65. The molecule has 9 N–H and O–H groups in total. The van der Waals surface area contributed by atoms with Crippen molar-refractivity contribution in [1.82, 2.24) is 25.5 Å². The van der Waals surface area contributed by atoms with Gasteiger partial charge in [-0.25, -0.2) is 4.79 Å². The number of carbonyl (C=O) groups is 1. The Labute approximate surface area is 330 Å². The van der Waals surface area contributed by atoms with Crippen LogP contribution in [0.25, 0.3) is 21.9 Å². The number of nitrogens with zero attached hydrogens (tertiary/aromatic N) is 1. The van der Waals surface area contributed by atoms with Crippen molar-refractivity contribution in [1.29, 1.82) is 0 Å². The molecule has 5 aliphatic heterocycles. The number of rotatable bonds is 8.